The number of nitrogens with one attached hydrogen (secondary N) is 3. The van der Waals surface area contributed by atoms with Gasteiger partial charge in [0.25, 0.3) is 5.91 Å². The molecule has 3 N–H and O–H groups in total. The van der Waals surface area contributed by atoms with Gasteiger partial charge in [0.2, 0.25) is 0 Å². The Kier molecular flexibility index (Phi) is 8.21. The lowest BCUT2D eigenvalue weighted by atomic mass is 9.98. The van der Waals surface area contributed by atoms with Crippen molar-refractivity contribution in [3.63, 3.8) is 0 Å². The largest absolute Gasteiger partial charge is 0.379 e. The SMILES string of the molecule is Cc1cccc(NC(=O)Nc2ccc(N3CCc4ccccc4C3)c(C(=O)NCCN3CCOCC3)c2)c1. The van der Waals surface area contributed by atoms with E-state index in [0.717, 1.165) is 63.6 Å². The fourth-order valence-electron chi connectivity index (χ4n) is 5.04. The summed E-state index contributed by atoms with van der Waals surface area (Å²) in [5.74, 6) is -0.144. The van der Waals surface area contributed by atoms with E-state index in [-0.39, 0.29) is 11.9 Å². The van der Waals surface area contributed by atoms with Crippen LogP contribution in [0, 0.1) is 6.92 Å². The number of fused-ring (bicyclic) bond motifs is 1. The molecule has 2 aliphatic heterocycles. The highest BCUT2D eigenvalue weighted by molar-refractivity contribution is 6.04. The summed E-state index contributed by atoms with van der Waals surface area (Å²) in [6.07, 6.45) is 0.924. The fourth-order valence-corrected chi connectivity index (χ4v) is 5.04. The first kappa shape index (κ1) is 25.8. The molecule has 0 bridgehead atoms. The Morgan fingerprint density at radius 2 is 1.63 bits per heavy atom. The molecule has 8 heteroatoms. The molecule has 0 spiro atoms. The average molecular weight is 514 g/mol. The van der Waals surface area contributed by atoms with Crippen LogP contribution in [0.4, 0.5) is 21.9 Å². The van der Waals surface area contributed by atoms with Gasteiger partial charge in [-0.25, -0.2) is 4.79 Å². The van der Waals surface area contributed by atoms with Crippen LogP contribution in [-0.4, -0.2) is 62.8 Å². The minimum atomic E-state index is -0.353. The summed E-state index contributed by atoms with van der Waals surface area (Å²) in [6.45, 7) is 8.08. The van der Waals surface area contributed by atoms with E-state index in [2.05, 4.69) is 50.0 Å². The van der Waals surface area contributed by atoms with Crippen LogP contribution in [0.2, 0.25) is 0 Å². The molecule has 3 aromatic rings. The summed E-state index contributed by atoms with van der Waals surface area (Å²) < 4.78 is 5.42. The second kappa shape index (κ2) is 12.1. The maximum Gasteiger partial charge on any atom is 0.323 e. The van der Waals surface area contributed by atoms with Crippen molar-refractivity contribution in [1.82, 2.24) is 10.2 Å². The van der Waals surface area contributed by atoms with Crippen molar-refractivity contribution in [3.05, 3.63) is 89.0 Å². The molecule has 198 valence electrons. The molecule has 0 unspecified atom stereocenters. The lowest BCUT2D eigenvalue weighted by Gasteiger charge is -2.32. The van der Waals surface area contributed by atoms with Crippen molar-refractivity contribution >= 4 is 29.0 Å². The van der Waals surface area contributed by atoms with Crippen molar-refractivity contribution in [2.45, 2.75) is 19.9 Å². The number of aryl methyl sites for hydroxylation is 1. The molecule has 38 heavy (non-hydrogen) atoms. The van der Waals surface area contributed by atoms with Crippen LogP contribution >= 0.6 is 0 Å². The summed E-state index contributed by atoms with van der Waals surface area (Å²) >= 11 is 0. The van der Waals surface area contributed by atoms with Crippen LogP contribution in [0.1, 0.15) is 27.0 Å². The third kappa shape index (κ3) is 6.51. The Labute approximate surface area is 224 Å². The number of anilines is 3. The molecule has 1 saturated heterocycles. The molecule has 3 aromatic carbocycles. The van der Waals surface area contributed by atoms with Gasteiger partial charge in [-0.1, -0.05) is 36.4 Å². The van der Waals surface area contributed by atoms with E-state index in [9.17, 15) is 9.59 Å². The number of benzene rings is 3. The molecule has 3 amide bonds. The number of carbonyl (C=O) groups excluding carboxylic acids is 2. The molecular formula is C30H35N5O3. The molecule has 0 aliphatic carbocycles. The van der Waals surface area contributed by atoms with Crippen molar-refractivity contribution in [3.8, 4) is 0 Å². The Morgan fingerprint density at radius 1 is 0.868 bits per heavy atom. The Morgan fingerprint density at radius 3 is 2.42 bits per heavy atom. The number of rotatable bonds is 7. The summed E-state index contributed by atoms with van der Waals surface area (Å²) in [5, 5.41) is 8.85. The Hall–Kier alpha value is -3.88. The van der Waals surface area contributed by atoms with Crippen LogP contribution in [0.25, 0.3) is 0 Å². The van der Waals surface area contributed by atoms with E-state index >= 15 is 0 Å². The van der Waals surface area contributed by atoms with Gasteiger partial charge in [0.05, 0.1) is 18.8 Å². The molecule has 0 saturated carbocycles. The van der Waals surface area contributed by atoms with E-state index in [1.165, 1.54) is 11.1 Å². The molecule has 5 rings (SSSR count). The number of ether oxygens (including phenoxy) is 1. The lowest BCUT2D eigenvalue weighted by Crippen LogP contribution is -2.41. The smallest absolute Gasteiger partial charge is 0.323 e. The molecule has 0 atom stereocenters. The predicted octanol–water partition coefficient (Wildman–Crippen LogP) is 4.26. The van der Waals surface area contributed by atoms with Crippen LogP contribution in [0.3, 0.4) is 0 Å². The van der Waals surface area contributed by atoms with Crippen molar-refractivity contribution in [1.29, 1.82) is 0 Å². The van der Waals surface area contributed by atoms with Crippen LogP contribution in [0.5, 0.6) is 0 Å². The second-order valence-corrected chi connectivity index (χ2v) is 9.83. The second-order valence-electron chi connectivity index (χ2n) is 9.83. The molecule has 2 heterocycles. The van der Waals surface area contributed by atoms with E-state index in [4.69, 9.17) is 4.74 Å². The first-order valence-electron chi connectivity index (χ1n) is 13.2. The van der Waals surface area contributed by atoms with Crippen molar-refractivity contribution < 1.29 is 14.3 Å². The van der Waals surface area contributed by atoms with Gasteiger partial charge >= 0.3 is 6.03 Å². The third-order valence-corrected chi connectivity index (χ3v) is 7.06. The number of hydrogen-bond donors (Lipinski definition) is 3. The maximum absolute atomic E-state index is 13.5. The highest BCUT2D eigenvalue weighted by Crippen LogP contribution is 2.29. The normalized spacial score (nSPS) is 15.4. The van der Waals surface area contributed by atoms with E-state index in [1.54, 1.807) is 6.07 Å². The van der Waals surface area contributed by atoms with Crippen LogP contribution in [0.15, 0.2) is 66.7 Å². The molecule has 2 aliphatic rings. The number of hydrogen-bond acceptors (Lipinski definition) is 5. The van der Waals surface area contributed by atoms with Gasteiger partial charge < -0.3 is 25.6 Å². The minimum absolute atomic E-state index is 0.144. The standard InChI is InChI=1S/C30H35N5O3/c1-22-5-4-8-25(19-22)32-30(37)33-26-9-10-28(35-13-11-23-6-2-3-7-24(23)21-35)27(20-26)29(36)31-12-14-34-15-17-38-18-16-34/h2-10,19-20H,11-18,21H2,1H3,(H,31,36)(H2,32,33,37). The first-order valence-corrected chi connectivity index (χ1v) is 13.2. The Bertz CT molecular complexity index is 1290. The minimum Gasteiger partial charge on any atom is -0.379 e. The summed E-state index contributed by atoms with van der Waals surface area (Å²) in [7, 11) is 0. The summed E-state index contributed by atoms with van der Waals surface area (Å²) in [6, 6.07) is 21.3. The Balaban J connectivity index is 1.32. The summed E-state index contributed by atoms with van der Waals surface area (Å²) in [5.41, 5.74) is 6.39. The highest BCUT2D eigenvalue weighted by Gasteiger charge is 2.22. The molecule has 1 fully saturated rings. The highest BCUT2D eigenvalue weighted by atomic mass is 16.5. The maximum atomic E-state index is 13.5. The predicted molar refractivity (Wildman–Crippen MR) is 151 cm³/mol. The van der Waals surface area contributed by atoms with Gasteiger partial charge in [-0.15, -0.1) is 0 Å². The van der Waals surface area contributed by atoms with Gasteiger partial charge in [-0.05, 0) is 60.4 Å². The quantitative estimate of drug-likeness (QED) is 0.440. The fraction of sp³-hybridized carbons (Fsp3) is 0.333. The van der Waals surface area contributed by atoms with Gasteiger partial charge in [-0.3, -0.25) is 9.69 Å². The van der Waals surface area contributed by atoms with Crippen molar-refractivity contribution in [2.24, 2.45) is 0 Å². The third-order valence-electron chi connectivity index (χ3n) is 7.06. The number of carbonyl (C=O) groups is 2. The molecule has 0 radical (unpaired) electrons. The first-order chi connectivity index (χ1) is 18.5. The van der Waals surface area contributed by atoms with Gasteiger partial charge in [0.1, 0.15) is 0 Å². The van der Waals surface area contributed by atoms with Gasteiger partial charge in [0, 0.05) is 56.3 Å². The number of amides is 3. The van der Waals surface area contributed by atoms with Crippen LogP contribution in [-0.2, 0) is 17.7 Å². The van der Waals surface area contributed by atoms with Crippen molar-refractivity contribution in [2.75, 3.05) is 61.5 Å². The molecule has 0 aromatic heterocycles. The zero-order valence-electron chi connectivity index (χ0n) is 21.8. The number of morpholine rings is 1. The molecular weight excluding hydrogens is 478 g/mol. The van der Waals surface area contributed by atoms with E-state index in [1.807, 2.05) is 43.3 Å². The van der Waals surface area contributed by atoms with E-state index < -0.39 is 0 Å². The van der Waals surface area contributed by atoms with Gasteiger partial charge in [0.15, 0.2) is 0 Å². The topological polar surface area (TPSA) is 85.9 Å². The van der Waals surface area contributed by atoms with Crippen LogP contribution < -0.4 is 20.9 Å². The zero-order valence-corrected chi connectivity index (χ0v) is 21.8. The number of nitrogens with zero attached hydrogens (tertiary/aromatic N) is 2. The van der Waals surface area contributed by atoms with E-state index in [0.29, 0.717) is 23.5 Å². The lowest BCUT2D eigenvalue weighted by molar-refractivity contribution is 0.0383. The monoisotopic (exact) mass is 513 g/mol. The summed E-state index contributed by atoms with van der Waals surface area (Å²) in [4.78, 5) is 30.7. The molecule has 8 nitrogen and oxygen atoms in total. The number of urea groups is 1. The van der Waals surface area contributed by atoms with Gasteiger partial charge in [-0.2, -0.15) is 0 Å². The average Bonchev–Trinajstić information content (AvgIpc) is 2.93. The zero-order chi connectivity index (χ0) is 26.3.